The molecule has 0 aromatic carbocycles. The second-order valence-corrected chi connectivity index (χ2v) is 6.56. The van der Waals surface area contributed by atoms with E-state index in [0.717, 1.165) is 12.3 Å². The lowest BCUT2D eigenvalue weighted by Gasteiger charge is -2.06. The fraction of sp³-hybridized carbons (Fsp3) is 0.429. The van der Waals surface area contributed by atoms with Crippen molar-refractivity contribution in [2.24, 2.45) is 5.92 Å². The topological polar surface area (TPSA) is 69.1 Å². The number of halogens is 3. The average molecular weight is 357 g/mol. The van der Waals surface area contributed by atoms with Crippen molar-refractivity contribution in [3.8, 4) is 0 Å². The summed E-state index contributed by atoms with van der Waals surface area (Å²) >= 11 is 1.19. The van der Waals surface area contributed by atoms with Crippen LogP contribution in [0.3, 0.4) is 0 Å². The predicted molar refractivity (Wildman–Crippen MR) is 80.4 cm³/mol. The molecule has 0 aliphatic carbocycles. The van der Waals surface area contributed by atoms with Gasteiger partial charge in [-0.1, -0.05) is 30.8 Å². The molecule has 3 heterocycles. The molecular weight excluding hydrogens is 343 g/mol. The summed E-state index contributed by atoms with van der Waals surface area (Å²) in [4.78, 5) is 4.25. The van der Waals surface area contributed by atoms with Crippen LogP contribution in [0.15, 0.2) is 28.0 Å². The van der Waals surface area contributed by atoms with Crippen LogP contribution in [0.2, 0.25) is 0 Å². The molecule has 0 N–H and O–H groups in total. The second kappa shape index (κ2) is 6.42. The number of thioether (sulfide) groups is 1. The highest BCUT2D eigenvalue weighted by Crippen LogP contribution is 2.30. The molecule has 0 atom stereocenters. The molecule has 10 heteroatoms. The van der Waals surface area contributed by atoms with Crippen molar-refractivity contribution < 1.29 is 17.7 Å². The minimum absolute atomic E-state index is 0.308. The summed E-state index contributed by atoms with van der Waals surface area (Å²) < 4.78 is 44.9. The Kier molecular flexibility index (Phi) is 4.48. The molecule has 3 aromatic heterocycles. The second-order valence-electron chi connectivity index (χ2n) is 5.62. The molecule has 0 amide bonds. The normalized spacial score (nSPS) is 12.4. The Bertz CT molecular complexity index is 842. The van der Waals surface area contributed by atoms with Crippen LogP contribution in [0.4, 0.5) is 13.2 Å². The molecule has 0 aliphatic rings. The summed E-state index contributed by atoms with van der Waals surface area (Å²) in [6, 6.07) is 2.27. The molecule has 0 unspecified atom stereocenters. The van der Waals surface area contributed by atoms with Gasteiger partial charge in [-0.2, -0.15) is 18.2 Å². The van der Waals surface area contributed by atoms with Gasteiger partial charge in [0.05, 0.1) is 11.3 Å². The minimum atomic E-state index is -4.42. The highest BCUT2D eigenvalue weighted by molar-refractivity contribution is 7.98. The van der Waals surface area contributed by atoms with Crippen LogP contribution < -0.4 is 0 Å². The van der Waals surface area contributed by atoms with Crippen LogP contribution in [-0.2, 0) is 18.3 Å². The zero-order chi connectivity index (χ0) is 17.3. The first kappa shape index (κ1) is 16.7. The summed E-state index contributed by atoms with van der Waals surface area (Å²) in [7, 11) is 0. The number of hydrogen-bond acceptors (Lipinski definition) is 6. The smallest absolute Gasteiger partial charge is 0.338 e. The van der Waals surface area contributed by atoms with E-state index in [0.29, 0.717) is 40.6 Å². The van der Waals surface area contributed by atoms with Crippen LogP contribution in [-0.4, -0.2) is 24.7 Å². The molecule has 0 bridgehead atoms. The van der Waals surface area contributed by atoms with Crippen molar-refractivity contribution >= 4 is 17.4 Å². The van der Waals surface area contributed by atoms with E-state index in [1.807, 2.05) is 13.8 Å². The number of fused-ring (bicyclic) bond motifs is 1. The zero-order valence-corrected chi connectivity index (χ0v) is 13.7. The van der Waals surface area contributed by atoms with Gasteiger partial charge >= 0.3 is 6.18 Å². The molecule has 0 saturated heterocycles. The standard InChI is InChI=1S/C14H14F3N5OS/c1-8(2)5-10-18-12(23-21-10)7-24-13-20-19-11-4-3-9(6-22(11)13)14(15,16)17/h3-4,6,8H,5,7H2,1-2H3. The SMILES string of the molecule is CC(C)Cc1noc(CSc2nnc3ccc(C(F)(F)F)cn23)n1. The Morgan fingerprint density at radius 1 is 1.25 bits per heavy atom. The maximum absolute atomic E-state index is 12.8. The number of hydrogen-bond donors (Lipinski definition) is 0. The Morgan fingerprint density at radius 2 is 2.04 bits per heavy atom. The molecule has 0 spiro atoms. The van der Waals surface area contributed by atoms with Gasteiger partial charge in [0.15, 0.2) is 16.6 Å². The van der Waals surface area contributed by atoms with Crippen molar-refractivity contribution in [2.45, 2.75) is 37.4 Å². The maximum Gasteiger partial charge on any atom is 0.417 e. The lowest BCUT2D eigenvalue weighted by atomic mass is 10.1. The first-order chi connectivity index (χ1) is 11.3. The third-order valence-corrected chi connectivity index (χ3v) is 4.05. The summed E-state index contributed by atoms with van der Waals surface area (Å²) in [5.41, 5.74) is -0.412. The van der Waals surface area contributed by atoms with Crippen LogP contribution in [0.5, 0.6) is 0 Å². The fourth-order valence-corrected chi connectivity index (χ4v) is 2.81. The number of aromatic nitrogens is 5. The summed E-state index contributed by atoms with van der Waals surface area (Å²) in [6.45, 7) is 4.09. The summed E-state index contributed by atoms with van der Waals surface area (Å²) in [6.07, 6.45) is -2.73. The first-order valence-electron chi connectivity index (χ1n) is 7.19. The van der Waals surface area contributed by atoms with Gasteiger partial charge in [0.2, 0.25) is 5.89 Å². The van der Waals surface area contributed by atoms with Crippen molar-refractivity contribution in [3.05, 3.63) is 35.6 Å². The van der Waals surface area contributed by atoms with Gasteiger partial charge in [-0.05, 0) is 18.1 Å². The van der Waals surface area contributed by atoms with Gasteiger partial charge in [-0.25, -0.2) is 0 Å². The molecule has 128 valence electrons. The maximum atomic E-state index is 12.8. The van der Waals surface area contributed by atoms with E-state index >= 15 is 0 Å². The van der Waals surface area contributed by atoms with E-state index in [1.165, 1.54) is 22.2 Å². The van der Waals surface area contributed by atoms with Crippen LogP contribution in [0.1, 0.15) is 31.1 Å². The monoisotopic (exact) mass is 357 g/mol. The Hall–Kier alpha value is -2.10. The van der Waals surface area contributed by atoms with E-state index in [4.69, 9.17) is 4.52 Å². The minimum Gasteiger partial charge on any atom is -0.338 e. The molecule has 3 rings (SSSR count). The predicted octanol–water partition coefficient (Wildman–Crippen LogP) is 3.62. The number of nitrogens with zero attached hydrogens (tertiary/aromatic N) is 5. The summed E-state index contributed by atoms with van der Waals surface area (Å²) in [5.74, 6) is 1.73. The van der Waals surface area contributed by atoms with Crippen molar-refractivity contribution in [3.63, 3.8) is 0 Å². The first-order valence-corrected chi connectivity index (χ1v) is 8.17. The van der Waals surface area contributed by atoms with Gasteiger partial charge in [0, 0.05) is 12.6 Å². The van der Waals surface area contributed by atoms with E-state index in [-0.39, 0.29) is 0 Å². The molecular formula is C14H14F3N5OS. The Morgan fingerprint density at radius 3 is 2.75 bits per heavy atom. The number of alkyl halides is 3. The van der Waals surface area contributed by atoms with Crippen molar-refractivity contribution in [2.75, 3.05) is 0 Å². The molecule has 24 heavy (non-hydrogen) atoms. The molecule has 6 nitrogen and oxygen atoms in total. The van der Waals surface area contributed by atoms with Gasteiger partial charge in [-0.3, -0.25) is 4.40 Å². The molecule has 0 aliphatic heterocycles. The van der Waals surface area contributed by atoms with Gasteiger partial charge in [-0.15, -0.1) is 10.2 Å². The van der Waals surface area contributed by atoms with E-state index in [2.05, 4.69) is 20.3 Å². The highest BCUT2D eigenvalue weighted by Gasteiger charge is 2.31. The molecule has 0 saturated carbocycles. The Balaban J connectivity index is 1.76. The van der Waals surface area contributed by atoms with Crippen LogP contribution in [0, 0.1) is 5.92 Å². The lowest BCUT2D eigenvalue weighted by molar-refractivity contribution is -0.137. The van der Waals surface area contributed by atoms with Crippen LogP contribution >= 0.6 is 11.8 Å². The third kappa shape index (κ3) is 3.69. The fourth-order valence-electron chi connectivity index (χ4n) is 2.06. The van der Waals surface area contributed by atoms with Crippen molar-refractivity contribution in [1.82, 2.24) is 24.7 Å². The quantitative estimate of drug-likeness (QED) is 0.650. The zero-order valence-electron chi connectivity index (χ0n) is 12.9. The summed E-state index contributed by atoms with van der Waals surface area (Å²) in [5, 5.41) is 12.0. The van der Waals surface area contributed by atoms with Gasteiger partial charge in [0.25, 0.3) is 0 Å². The van der Waals surface area contributed by atoms with E-state index in [9.17, 15) is 13.2 Å². The lowest BCUT2D eigenvalue weighted by Crippen LogP contribution is -2.06. The number of rotatable bonds is 5. The van der Waals surface area contributed by atoms with Gasteiger partial charge in [0.1, 0.15) is 0 Å². The molecule has 0 fully saturated rings. The van der Waals surface area contributed by atoms with E-state index in [1.54, 1.807) is 0 Å². The van der Waals surface area contributed by atoms with Gasteiger partial charge < -0.3 is 4.52 Å². The number of pyridine rings is 1. The largest absolute Gasteiger partial charge is 0.417 e. The third-order valence-electron chi connectivity index (χ3n) is 3.12. The Labute approximate surface area is 139 Å². The molecule has 0 radical (unpaired) electrons. The van der Waals surface area contributed by atoms with Crippen molar-refractivity contribution in [1.29, 1.82) is 0 Å². The molecule has 3 aromatic rings. The highest BCUT2D eigenvalue weighted by atomic mass is 32.2. The van der Waals surface area contributed by atoms with E-state index < -0.39 is 11.7 Å². The van der Waals surface area contributed by atoms with Crippen LogP contribution in [0.25, 0.3) is 5.65 Å². The average Bonchev–Trinajstić information content (AvgIpc) is 3.09.